The molecule has 8 heteroatoms. The van der Waals surface area contributed by atoms with E-state index in [1.807, 2.05) is 4.90 Å². The average molecular weight is 417 g/mol. The molecule has 0 spiro atoms. The van der Waals surface area contributed by atoms with Crippen LogP contribution >= 0.6 is 0 Å². The van der Waals surface area contributed by atoms with E-state index in [1.54, 1.807) is 0 Å². The van der Waals surface area contributed by atoms with Gasteiger partial charge in [-0.05, 0) is 44.0 Å². The third-order valence-electron chi connectivity index (χ3n) is 5.43. The van der Waals surface area contributed by atoms with Crippen molar-refractivity contribution in [3.8, 4) is 11.5 Å². The Morgan fingerprint density at radius 1 is 1.13 bits per heavy atom. The van der Waals surface area contributed by atoms with E-state index in [2.05, 4.69) is 0 Å². The lowest BCUT2D eigenvalue weighted by Gasteiger charge is -2.41. The van der Waals surface area contributed by atoms with Crippen molar-refractivity contribution in [3.05, 3.63) is 35.5 Å². The maximum atomic E-state index is 13.1. The molecule has 3 saturated heterocycles. The number of aliphatic hydroxyl groups excluding tert-OH is 2. The fraction of sp³-hybridized carbons (Fsp3) is 0.500. The zero-order valence-electron chi connectivity index (χ0n) is 17.0. The molecule has 3 aliphatic rings. The highest BCUT2D eigenvalue weighted by Crippen LogP contribution is 2.33. The van der Waals surface area contributed by atoms with Crippen molar-refractivity contribution in [2.24, 2.45) is 11.8 Å². The number of benzene rings is 1. The zero-order valence-corrected chi connectivity index (χ0v) is 17.0. The third kappa shape index (κ3) is 4.71. The largest absolute Gasteiger partial charge is 0.487 e. The van der Waals surface area contributed by atoms with Gasteiger partial charge in [-0.25, -0.2) is 0 Å². The molecule has 1 aromatic rings. The Morgan fingerprint density at radius 2 is 1.77 bits per heavy atom. The van der Waals surface area contributed by atoms with E-state index in [0.717, 1.165) is 25.9 Å². The van der Waals surface area contributed by atoms with E-state index in [-0.39, 0.29) is 55.2 Å². The number of hydrogen-bond acceptors (Lipinski definition) is 8. The fourth-order valence-electron chi connectivity index (χ4n) is 3.85. The molecule has 0 aromatic heterocycles. The molecule has 0 amide bonds. The fourth-order valence-corrected chi connectivity index (χ4v) is 3.85. The van der Waals surface area contributed by atoms with Gasteiger partial charge in [0.15, 0.2) is 23.1 Å². The Hall–Kier alpha value is -2.71. The summed E-state index contributed by atoms with van der Waals surface area (Å²) >= 11 is 0. The monoisotopic (exact) mass is 417 g/mol. The second-order valence-electron chi connectivity index (χ2n) is 7.44. The van der Waals surface area contributed by atoms with Crippen LogP contribution in [0.15, 0.2) is 30.0 Å². The van der Waals surface area contributed by atoms with E-state index in [1.165, 1.54) is 31.2 Å². The summed E-state index contributed by atoms with van der Waals surface area (Å²) in [5, 5.41) is 18.0. The molecular formula is C22H27NO7. The van der Waals surface area contributed by atoms with E-state index in [0.29, 0.717) is 11.4 Å². The summed E-state index contributed by atoms with van der Waals surface area (Å²) in [5.74, 6) is -1.32. The van der Waals surface area contributed by atoms with Crippen molar-refractivity contribution in [1.29, 1.82) is 0 Å². The quantitative estimate of drug-likeness (QED) is 0.329. The summed E-state index contributed by atoms with van der Waals surface area (Å²) in [6.45, 7) is 2.49. The summed E-state index contributed by atoms with van der Waals surface area (Å²) in [6.07, 6.45) is 3.13. The molecular weight excluding hydrogens is 390 g/mol. The van der Waals surface area contributed by atoms with E-state index in [9.17, 15) is 14.4 Å². The van der Waals surface area contributed by atoms with Crippen LogP contribution in [0.4, 0.5) is 0 Å². The molecule has 8 nitrogen and oxygen atoms in total. The highest BCUT2D eigenvalue weighted by Gasteiger charge is 2.38. The molecule has 1 aromatic carbocycles. The van der Waals surface area contributed by atoms with Crippen LogP contribution in [-0.2, 0) is 9.59 Å². The molecule has 4 rings (SSSR count). The first-order valence-electron chi connectivity index (χ1n) is 10.1. The van der Waals surface area contributed by atoms with E-state index < -0.39 is 11.7 Å². The predicted molar refractivity (Wildman–Crippen MR) is 107 cm³/mol. The average Bonchev–Trinajstić information content (AvgIpc) is 2.76. The number of aliphatic hydroxyl groups is 2. The first kappa shape index (κ1) is 22.0. The van der Waals surface area contributed by atoms with Gasteiger partial charge in [-0.2, -0.15) is 0 Å². The van der Waals surface area contributed by atoms with Crippen LogP contribution in [0.2, 0.25) is 0 Å². The van der Waals surface area contributed by atoms with Crippen LogP contribution in [0.3, 0.4) is 0 Å². The molecule has 3 fully saturated rings. The van der Waals surface area contributed by atoms with Gasteiger partial charge in [0.25, 0.3) is 0 Å². The molecule has 162 valence electrons. The van der Waals surface area contributed by atoms with Gasteiger partial charge in [0.2, 0.25) is 0 Å². The Labute approximate surface area is 175 Å². The SMILES string of the molecule is CC(=O)C(/C=C1/C(=O)C2CCN1CC2)C(=O)c1ccc(OCCO)c(OCCO)c1. The van der Waals surface area contributed by atoms with Crippen molar-refractivity contribution in [3.63, 3.8) is 0 Å². The molecule has 3 aliphatic heterocycles. The molecule has 0 saturated carbocycles. The predicted octanol–water partition coefficient (Wildman–Crippen LogP) is 0.995. The molecule has 2 bridgehead atoms. The lowest BCUT2D eigenvalue weighted by Crippen LogP contribution is -2.46. The number of Topliss-reactive ketones (excluding diaryl/α,β-unsaturated/α-hetero) is 3. The van der Waals surface area contributed by atoms with Gasteiger partial charge in [0.05, 0.1) is 18.9 Å². The lowest BCUT2D eigenvalue weighted by atomic mass is 9.82. The van der Waals surface area contributed by atoms with Gasteiger partial charge >= 0.3 is 0 Å². The number of piperidine rings is 3. The molecule has 3 heterocycles. The molecule has 2 N–H and O–H groups in total. The van der Waals surface area contributed by atoms with Gasteiger partial charge in [0, 0.05) is 24.6 Å². The molecule has 0 aliphatic carbocycles. The second kappa shape index (κ2) is 9.86. The van der Waals surface area contributed by atoms with Crippen LogP contribution in [0.5, 0.6) is 11.5 Å². The summed E-state index contributed by atoms with van der Waals surface area (Å²) in [6, 6.07) is 4.50. The van der Waals surface area contributed by atoms with Crippen LogP contribution < -0.4 is 9.47 Å². The van der Waals surface area contributed by atoms with Gasteiger partial charge in [-0.1, -0.05) is 0 Å². The van der Waals surface area contributed by atoms with Crippen LogP contribution in [0.25, 0.3) is 0 Å². The van der Waals surface area contributed by atoms with Gasteiger partial charge in [-0.3, -0.25) is 14.4 Å². The van der Waals surface area contributed by atoms with Crippen molar-refractivity contribution < 1.29 is 34.1 Å². The van der Waals surface area contributed by atoms with Crippen molar-refractivity contribution in [2.45, 2.75) is 19.8 Å². The molecule has 1 atom stereocenters. The maximum Gasteiger partial charge on any atom is 0.181 e. The van der Waals surface area contributed by atoms with Crippen LogP contribution in [-0.4, -0.2) is 72.0 Å². The minimum atomic E-state index is -1.07. The number of rotatable bonds is 10. The maximum absolute atomic E-state index is 13.1. The Balaban J connectivity index is 1.89. The Bertz CT molecular complexity index is 840. The van der Waals surface area contributed by atoms with Crippen LogP contribution in [0.1, 0.15) is 30.1 Å². The Kier molecular flexibility index (Phi) is 7.23. The van der Waals surface area contributed by atoms with Gasteiger partial charge < -0.3 is 24.6 Å². The second-order valence-corrected chi connectivity index (χ2v) is 7.44. The van der Waals surface area contributed by atoms with Gasteiger partial charge in [-0.15, -0.1) is 0 Å². The smallest absolute Gasteiger partial charge is 0.181 e. The highest BCUT2D eigenvalue weighted by molar-refractivity contribution is 6.12. The standard InChI is InChI=1S/C22H27NO7/c1-14(26)17(13-18-22(28)15-4-6-23(18)7-5-15)21(27)16-2-3-19(29-10-8-24)20(12-16)30-11-9-25/h2-3,12-13,15,17,24-25H,4-11H2,1H3/b18-13-. The summed E-state index contributed by atoms with van der Waals surface area (Å²) < 4.78 is 10.8. The van der Waals surface area contributed by atoms with E-state index in [4.69, 9.17) is 19.7 Å². The number of hydrogen-bond donors (Lipinski definition) is 2. The molecule has 0 radical (unpaired) electrons. The number of carbonyl (C=O) groups excluding carboxylic acids is 3. The molecule has 1 unspecified atom stereocenters. The minimum Gasteiger partial charge on any atom is -0.487 e. The third-order valence-corrected chi connectivity index (χ3v) is 5.43. The van der Waals surface area contributed by atoms with Crippen molar-refractivity contribution >= 4 is 17.3 Å². The number of fused-ring (bicyclic) bond motifs is 3. The van der Waals surface area contributed by atoms with E-state index >= 15 is 0 Å². The summed E-state index contributed by atoms with van der Waals surface area (Å²) in [7, 11) is 0. The zero-order chi connectivity index (χ0) is 21.7. The molecule has 30 heavy (non-hydrogen) atoms. The number of nitrogens with zero attached hydrogens (tertiary/aromatic N) is 1. The number of ether oxygens (including phenoxy) is 2. The summed E-state index contributed by atoms with van der Waals surface area (Å²) in [5.41, 5.74) is 0.699. The van der Waals surface area contributed by atoms with Crippen molar-refractivity contribution in [2.75, 3.05) is 39.5 Å². The lowest BCUT2D eigenvalue weighted by molar-refractivity contribution is -0.125. The van der Waals surface area contributed by atoms with Crippen molar-refractivity contribution in [1.82, 2.24) is 4.90 Å². The normalized spacial score (nSPS) is 18.6. The highest BCUT2D eigenvalue weighted by atomic mass is 16.5. The first-order chi connectivity index (χ1) is 14.5. The number of carbonyl (C=O) groups is 3. The topological polar surface area (TPSA) is 113 Å². The number of allylic oxidation sites excluding steroid dienone is 2. The number of ketones is 3. The summed E-state index contributed by atoms with van der Waals surface area (Å²) in [4.78, 5) is 40.0. The minimum absolute atomic E-state index is 0.00182. The Morgan fingerprint density at radius 3 is 2.33 bits per heavy atom. The van der Waals surface area contributed by atoms with Crippen LogP contribution in [0, 0.1) is 11.8 Å². The first-order valence-corrected chi connectivity index (χ1v) is 10.1. The van der Waals surface area contributed by atoms with Gasteiger partial charge in [0.1, 0.15) is 24.9 Å².